The summed E-state index contributed by atoms with van der Waals surface area (Å²) in [6, 6.07) is 14.2. The van der Waals surface area contributed by atoms with Gasteiger partial charge in [0.1, 0.15) is 0 Å². The fraction of sp³-hybridized carbons (Fsp3) is 0.200. The van der Waals surface area contributed by atoms with Gasteiger partial charge < -0.3 is 5.32 Å². The van der Waals surface area contributed by atoms with Crippen LogP contribution in [0.15, 0.2) is 48.5 Å². The van der Waals surface area contributed by atoms with Crippen LogP contribution in [0.3, 0.4) is 0 Å². The molecule has 0 radical (unpaired) electrons. The fourth-order valence-electron chi connectivity index (χ4n) is 2.12. The minimum absolute atomic E-state index is 0.925. The maximum Gasteiger partial charge on any atom is 0.0930 e. The molecule has 1 aliphatic heterocycles. The molecule has 18 heavy (non-hydrogen) atoms. The van der Waals surface area contributed by atoms with Crippen LogP contribution >= 0.6 is 0 Å². The van der Waals surface area contributed by atoms with E-state index in [4.69, 9.17) is 0 Å². The van der Waals surface area contributed by atoms with Gasteiger partial charge in [-0.05, 0) is 30.7 Å². The molecule has 3 nitrogen and oxygen atoms in total. The highest BCUT2D eigenvalue weighted by Crippen LogP contribution is 2.20. The van der Waals surface area contributed by atoms with E-state index in [1.54, 1.807) is 0 Å². The molecular formula is C15H15N3. The standard InChI is InChI=1S/C15H15N3/c1-2-4-12(5-3-1)14-6-7-15(18-17-14)13-8-10-16-11-9-13/h1-8,16H,9-11H2. The number of benzene rings is 1. The van der Waals surface area contributed by atoms with Crippen molar-refractivity contribution in [2.75, 3.05) is 13.1 Å². The second-order valence-electron chi connectivity index (χ2n) is 4.35. The zero-order valence-corrected chi connectivity index (χ0v) is 10.1. The molecule has 0 spiro atoms. The summed E-state index contributed by atoms with van der Waals surface area (Å²) in [6.45, 7) is 1.95. The van der Waals surface area contributed by atoms with Crippen LogP contribution in [0.2, 0.25) is 0 Å². The van der Waals surface area contributed by atoms with Gasteiger partial charge in [0.25, 0.3) is 0 Å². The number of aromatic nitrogens is 2. The van der Waals surface area contributed by atoms with E-state index in [0.717, 1.165) is 36.5 Å². The Hall–Kier alpha value is -2.00. The topological polar surface area (TPSA) is 37.8 Å². The van der Waals surface area contributed by atoms with Crippen LogP contribution in [0.4, 0.5) is 0 Å². The van der Waals surface area contributed by atoms with E-state index in [-0.39, 0.29) is 0 Å². The summed E-state index contributed by atoms with van der Waals surface area (Å²) in [6.07, 6.45) is 3.22. The van der Waals surface area contributed by atoms with E-state index in [9.17, 15) is 0 Å². The molecule has 0 amide bonds. The molecular weight excluding hydrogens is 222 g/mol. The average Bonchev–Trinajstić information content (AvgIpc) is 2.49. The molecule has 1 aromatic heterocycles. The Bertz CT molecular complexity index is 544. The first-order valence-electron chi connectivity index (χ1n) is 6.23. The second-order valence-corrected chi connectivity index (χ2v) is 4.35. The third-order valence-electron chi connectivity index (χ3n) is 3.13. The Morgan fingerprint density at radius 2 is 1.67 bits per heavy atom. The van der Waals surface area contributed by atoms with Crippen LogP contribution in [0, 0.1) is 0 Å². The summed E-state index contributed by atoms with van der Waals surface area (Å²) in [5.41, 5.74) is 4.32. The Morgan fingerprint density at radius 1 is 0.889 bits per heavy atom. The molecule has 0 aliphatic carbocycles. The summed E-state index contributed by atoms with van der Waals surface area (Å²) in [7, 11) is 0. The number of nitrogens with zero attached hydrogens (tertiary/aromatic N) is 2. The largest absolute Gasteiger partial charge is 0.313 e. The quantitative estimate of drug-likeness (QED) is 0.872. The van der Waals surface area contributed by atoms with E-state index < -0.39 is 0 Å². The van der Waals surface area contributed by atoms with Crippen molar-refractivity contribution < 1.29 is 0 Å². The molecule has 0 atom stereocenters. The highest BCUT2D eigenvalue weighted by atomic mass is 15.1. The third kappa shape index (κ3) is 2.31. The molecule has 3 rings (SSSR count). The minimum Gasteiger partial charge on any atom is -0.313 e. The van der Waals surface area contributed by atoms with Gasteiger partial charge in [-0.3, -0.25) is 0 Å². The van der Waals surface area contributed by atoms with Crippen molar-refractivity contribution in [2.24, 2.45) is 0 Å². The van der Waals surface area contributed by atoms with Crippen LogP contribution < -0.4 is 5.32 Å². The fourth-order valence-corrected chi connectivity index (χ4v) is 2.12. The van der Waals surface area contributed by atoms with Crippen molar-refractivity contribution in [3.63, 3.8) is 0 Å². The van der Waals surface area contributed by atoms with Gasteiger partial charge in [-0.15, -0.1) is 5.10 Å². The van der Waals surface area contributed by atoms with Crippen LogP contribution in [-0.4, -0.2) is 23.3 Å². The number of hydrogen-bond donors (Lipinski definition) is 1. The minimum atomic E-state index is 0.925. The van der Waals surface area contributed by atoms with Gasteiger partial charge in [0.2, 0.25) is 0 Å². The lowest BCUT2D eigenvalue weighted by molar-refractivity contribution is 0.735. The van der Waals surface area contributed by atoms with Crippen LogP contribution in [0.5, 0.6) is 0 Å². The molecule has 1 aromatic carbocycles. The molecule has 3 heteroatoms. The van der Waals surface area contributed by atoms with Gasteiger partial charge in [-0.2, -0.15) is 5.10 Å². The Labute approximate surface area is 107 Å². The van der Waals surface area contributed by atoms with Crippen molar-refractivity contribution in [2.45, 2.75) is 6.42 Å². The monoisotopic (exact) mass is 237 g/mol. The summed E-state index contributed by atoms with van der Waals surface area (Å²) in [4.78, 5) is 0. The SMILES string of the molecule is C1=C(c2ccc(-c3ccccc3)nn2)CCNC1. The normalized spacial score (nSPS) is 15.2. The summed E-state index contributed by atoms with van der Waals surface area (Å²) >= 11 is 0. The summed E-state index contributed by atoms with van der Waals surface area (Å²) in [5.74, 6) is 0. The lowest BCUT2D eigenvalue weighted by Crippen LogP contribution is -2.20. The molecule has 2 heterocycles. The predicted octanol–water partition coefficient (Wildman–Crippen LogP) is 2.52. The smallest absolute Gasteiger partial charge is 0.0930 e. The first-order chi connectivity index (χ1) is 8.93. The molecule has 0 unspecified atom stereocenters. The lowest BCUT2D eigenvalue weighted by Gasteiger charge is -2.13. The van der Waals surface area contributed by atoms with Crippen LogP contribution in [0.1, 0.15) is 12.1 Å². The van der Waals surface area contributed by atoms with Crippen molar-refractivity contribution in [3.8, 4) is 11.3 Å². The van der Waals surface area contributed by atoms with Gasteiger partial charge in [0, 0.05) is 12.1 Å². The first kappa shape index (κ1) is 11.1. The summed E-state index contributed by atoms with van der Waals surface area (Å²) < 4.78 is 0. The van der Waals surface area contributed by atoms with Gasteiger partial charge in [-0.1, -0.05) is 36.4 Å². The zero-order valence-electron chi connectivity index (χ0n) is 10.1. The van der Waals surface area contributed by atoms with Crippen molar-refractivity contribution >= 4 is 5.57 Å². The number of rotatable bonds is 2. The lowest BCUT2D eigenvalue weighted by atomic mass is 10.1. The van der Waals surface area contributed by atoms with Crippen molar-refractivity contribution in [1.29, 1.82) is 0 Å². The molecule has 1 N–H and O–H groups in total. The van der Waals surface area contributed by atoms with Crippen molar-refractivity contribution in [1.82, 2.24) is 15.5 Å². The van der Waals surface area contributed by atoms with Gasteiger partial charge in [-0.25, -0.2) is 0 Å². The zero-order chi connectivity index (χ0) is 12.2. The highest BCUT2D eigenvalue weighted by molar-refractivity contribution is 5.65. The average molecular weight is 237 g/mol. The molecule has 0 fully saturated rings. The Balaban J connectivity index is 1.87. The second kappa shape index (κ2) is 5.10. The number of nitrogens with one attached hydrogen (secondary N) is 1. The van der Waals surface area contributed by atoms with E-state index in [1.165, 1.54) is 5.57 Å². The molecule has 90 valence electrons. The first-order valence-corrected chi connectivity index (χ1v) is 6.23. The van der Waals surface area contributed by atoms with E-state index >= 15 is 0 Å². The van der Waals surface area contributed by atoms with E-state index in [0.29, 0.717) is 0 Å². The van der Waals surface area contributed by atoms with Crippen LogP contribution in [-0.2, 0) is 0 Å². The van der Waals surface area contributed by atoms with Gasteiger partial charge >= 0.3 is 0 Å². The molecule has 2 aromatic rings. The van der Waals surface area contributed by atoms with Gasteiger partial charge in [0.05, 0.1) is 11.4 Å². The van der Waals surface area contributed by atoms with E-state index in [1.807, 2.05) is 36.4 Å². The number of hydrogen-bond acceptors (Lipinski definition) is 3. The van der Waals surface area contributed by atoms with Gasteiger partial charge in [0.15, 0.2) is 0 Å². The Kier molecular flexibility index (Phi) is 3.15. The molecule has 1 aliphatic rings. The summed E-state index contributed by atoms with van der Waals surface area (Å²) in [5, 5.41) is 11.9. The van der Waals surface area contributed by atoms with E-state index in [2.05, 4.69) is 27.7 Å². The van der Waals surface area contributed by atoms with Crippen LogP contribution in [0.25, 0.3) is 16.8 Å². The highest BCUT2D eigenvalue weighted by Gasteiger charge is 2.08. The van der Waals surface area contributed by atoms with Crippen molar-refractivity contribution in [3.05, 3.63) is 54.2 Å². The third-order valence-corrected chi connectivity index (χ3v) is 3.13. The molecule has 0 bridgehead atoms. The predicted molar refractivity (Wildman–Crippen MR) is 72.9 cm³/mol. The molecule has 0 saturated carbocycles. The Morgan fingerprint density at radius 3 is 2.33 bits per heavy atom. The maximum atomic E-state index is 4.33. The molecule has 0 saturated heterocycles. The maximum absolute atomic E-state index is 4.33.